The highest BCUT2D eigenvalue weighted by Gasteiger charge is 2.26. The number of thiophene rings is 1. The van der Waals surface area contributed by atoms with E-state index in [9.17, 15) is 0 Å². The molecule has 0 aliphatic carbocycles. The average molecular weight is 400 g/mol. The van der Waals surface area contributed by atoms with Crippen LogP contribution in [0.25, 0.3) is 0 Å². The van der Waals surface area contributed by atoms with E-state index in [1.54, 1.807) is 11.3 Å². The minimum Gasteiger partial charge on any atom is -0.314 e. The van der Waals surface area contributed by atoms with Gasteiger partial charge in [0.1, 0.15) is 0 Å². The van der Waals surface area contributed by atoms with Crippen molar-refractivity contribution in [1.29, 1.82) is 0 Å². The van der Waals surface area contributed by atoms with E-state index in [-0.39, 0.29) is 30.9 Å². The van der Waals surface area contributed by atoms with Crippen LogP contribution in [0.1, 0.15) is 16.5 Å². The molecule has 0 radical (unpaired) electrons. The molecule has 1 aromatic heterocycles. The molecular formula is C15H18Cl4N2S. The molecule has 0 unspecified atom stereocenters. The second kappa shape index (κ2) is 9.33. The number of benzene rings is 1. The summed E-state index contributed by atoms with van der Waals surface area (Å²) < 4.78 is 0. The first-order valence-corrected chi connectivity index (χ1v) is 8.33. The van der Waals surface area contributed by atoms with E-state index in [1.165, 1.54) is 4.88 Å². The third-order valence-corrected chi connectivity index (χ3v) is 5.36. The molecule has 1 N–H and O–H groups in total. The molecule has 2 heterocycles. The van der Waals surface area contributed by atoms with Gasteiger partial charge >= 0.3 is 0 Å². The Labute approximate surface area is 157 Å². The number of hydrogen-bond acceptors (Lipinski definition) is 3. The monoisotopic (exact) mass is 398 g/mol. The van der Waals surface area contributed by atoms with Crippen LogP contribution in [-0.4, -0.2) is 31.1 Å². The molecular weight excluding hydrogens is 382 g/mol. The molecule has 7 heteroatoms. The molecule has 2 aromatic rings. The Balaban J connectivity index is 0.00000121. The lowest BCUT2D eigenvalue weighted by molar-refractivity contribution is 0.201. The second-order valence-corrected chi connectivity index (χ2v) is 6.61. The predicted octanol–water partition coefficient (Wildman–Crippen LogP) is 4.89. The first-order chi connectivity index (χ1) is 9.77. The maximum atomic E-state index is 6.45. The van der Waals surface area contributed by atoms with Crippen molar-refractivity contribution in [3.63, 3.8) is 0 Å². The summed E-state index contributed by atoms with van der Waals surface area (Å²) in [6.07, 6.45) is 0. The predicted molar refractivity (Wildman–Crippen MR) is 102 cm³/mol. The molecule has 0 spiro atoms. The first-order valence-electron chi connectivity index (χ1n) is 6.69. The van der Waals surface area contributed by atoms with Crippen molar-refractivity contribution in [2.45, 2.75) is 6.04 Å². The maximum Gasteiger partial charge on any atom is 0.0712 e. The summed E-state index contributed by atoms with van der Waals surface area (Å²) in [7, 11) is 0. The highest BCUT2D eigenvalue weighted by atomic mass is 35.5. The molecule has 122 valence electrons. The van der Waals surface area contributed by atoms with Crippen LogP contribution < -0.4 is 5.32 Å². The topological polar surface area (TPSA) is 15.3 Å². The Bertz CT molecular complexity index is 571. The summed E-state index contributed by atoms with van der Waals surface area (Å²) in [4.78, 5) is 3.79. The van der Waals surface area contributed by atoms with Crippen LogP contribution in [-0.2, 0) is 0 Å². The lowest BCUT2D eigenvalue weighted by atomic mass is 10.0. The number of nitrogens with one attached hydrogen (secondary N) is 1. The zero-order valence-electron chi connectivity index (χ0n) is 11.8. The largest absolute Gasteiger partial charge is 0.314 e. The number of hydrogen-bond donors (Lipinski definition) is 1. The fraction of sp³-hybridized carbons (Fsp3) is 0.333. The van der Waals surface area contributed by atoms with Crippen LogP contribution >= 0.6 is 59.4 Å². The Morgan fingerprint density at radius 3 is 2.41 bits per heavy atom. The third kappa shape index (κ3) is 4.30. The molecule has 0 saturated carbocycles. The molecule has 0 bridgehead atoms. The van der Waals surface area contributed by atoms with Gasteiger partial charge in [-0.05, 0) is 23.1 Å². The third-order valence-electron chi connectivity index (χ3n) is 3.61. The first kappa shape index (κ1) is 20.0. The lowest BCUT2D eigenvalue weighted by Gasteiger charge is -2.35. The fourth-order valence-corrected chi connectivity index (χ4v) is 3.94. The van der Waals surface area contributed by atoms with Crippen LogP contribution in [0.5, 0.6) is 0 Å². The normalized spacial score (nSPS) is 16.5. The zero-order chi connectivity index (χ0) is 13.9. The van der Waals surface area contributed by atoms with Gasteiger partial charge in [0.15, 0.2) is 0 Å². The van der Waals surface area contributed by atoms with E-state index in [0.717, 1.165) is 31.7 Å². The van der Waals surface area contributed by atoms with Crippen molar-refractivity contribution in [1.82, 2.24) is 10.2 Å². The molecule has 1 aliphatic heterocycles. The fourth-order valence-electron chi connectivity index (χ4n) is 2.65. The molecule has 1 aliphatic rings. The van der Waals surface area contributed by atoms with Crippen LogP contribution in [0.4, 0.5) is 0 Å². The van der Waals surface area contributed by atoms with E-state index < -0.39 is 0 Å². The van der Waals surface area contributed by atoms with Gasteiger partial charge in [0, 0.05) is 31.1 Å². The van der Waals surface area contributed by atoms with Crippen molar-refractivity contribution in [3.05, 3.63) is 56.2 Å². The Hall–Kier alpha value is -0.000000000000000167. The Kier molecular flexibility index (Phi) is 8.50. The second-order valence-electron chi connectivity index (χ2n) is 4.85. The van der Waals surface area contributed by atoms with Gasteiger partial charge in [0.05, 0.1) is 16.1 Å². The van der Waals surface area contributed by atoms with Gasteiger partial charge in [-0.1, -0.05) is 41.4 Å². The average Bonchev–Trinajstić information content (AvgIpc) is 2.99. The van der Waals surface area contributed by atoms with Gasteiger partial charge in [-0.25, -0.2) is 0 Å². The summed E-state index contributed by atoms with van der Waals surface area (Å²) in [5.74, 6) is 0. The summed E-state index contributed by atoms with van der Waals surface area (Å²) in [5, 5.41) is 6.81. The Morgan fingerprint density at radius 1 is 1.05 bits per heavy atom. The van der Waals surface area contributed by atoms with Crippen molar-refractivity contribution in [2.75, 3.05) is 26.2 Å². The molecule has 2 nitrogen and oxygen atoms in total. The van der Waals surface area contributed by atoms with E-state index >= 15 is 0 Å². The van der Waals surface area contributed by atoms with Gasteiger partial charge in [0.25, 0.3) is 0 Å². The highest BCUT2D eigenvalue weighted by Crippen LogP contribution is 2.38. The highest BCUT2D eigenvalue weighted by molar-refractivity contribution is 7.10. The van der Waals surface area contributed by atoms with Crippen molar-refractivity contribution in [3.8, 4) is 0 Å². The van der Waals surface area contributed by atoms with Crippen LogP contribution in [0, 0.1) is 0 Å². The van der Waals surface area contributed by atoms with Gasteiger partial charge in [-0.2, -0.15) is 0 Å². The van der Waals surface area contributed by atoms with Gasteiger partial charge in [-0.15, -0.1) is 36.2 Å². The zero-order valence-corrected chi connectivity index (χ0v) is 15.8. The molecule has 0 amide bonds. The summed E-state index contributed by atoms with van der Waals surface area (Å²) >= 11 is 14.4. The minimum atomic E-state index is 0. The molecule has 1 aromatic carbocycles. The number of piperazine rings is 1. The molecule has 22 heavy (non-hydrogen) atoms. The van der Waals surface area contributed by atoms with Crippen molar-refractivity contribution >= 4 is 59.4 Å². The smallest absolute Gasteiger partial charge is 0.0712 e. The van der Waals surface area contributed by atoms with Crippen molar-refractivity contribution in [2.24, 2.45) is 0 Å². The number of rotatable bonds is 3. The van der Waals surface area contributed by atoms with E-state index in [0.29, 0.717) is 10.0 Å². The van der Waals surface area contributed by atoms with Crippen LogP contribution in [0.2, 0.25) is 10.0 Å². The summed E-state index contributed by atoms with van der Waals surface area (Å²) in [6.45, 7) is 4.07. The number of halogens is 4. The van der Waals surface area contributed by atoms with Crippen LogP contribution in [0.15, 0.2) is 35.7 Å². The van der Waals surface area contributed by atoms with E-state index in [2.05, 4.69) is 33.8 Å². The quantitative estimate of drug-likeness (QED) is 0.789. The SMILES string of the molecule is Cl.Cl.Clc1cccc([C@H](c2cccs2)N2CCNCC2)c1Cl. The summed E-state index contributed by atoms with van der Waals surface area (Å²) in [6, 6.07) is 10.4. The molecule has 1 saturated heterocycles. The molecule has 3 rings (SSSR count). The van der Waals surface area contributed by atoms with Gasteiger partial charge < -0.3 is 5.32 Å². The van der Waals surface area contributed by atoms with Crippen molar-refractivity contribution < 1.29 is 0 Å². The van der Waals surface area contributed by atoms with Gasteiger partial charge in [-0.3, -0.25) is 4.90 Å². The molecule has 1 fully saturated rings. The minimum absolute atomic E-state index is 0. The van der Waals surface area contributed by atoms with E-state index in [1.807, 2.05) is 12.1 Å². The Morgan fingerprint density at radius 2 is 1.77 bits per heavy atom. The molecule has 1 atom stereocenters. The summed E-state index contributed by atoms with van der Waals surface area (Å²) in [5.41, 5.74) is 1.10. The van der Waals surface area contributed by atoms with Crippen LogP contribution in [0.3, 0.4) is 0 Å². The maximum absolute atomic E-state index is 6.45. The van der Waals surface area contributed by atoms with Gasteiger partial charge in [0.2, 0.25) is 0 Å². The standard InChI is InChI=1S/C15H16Cl2N2S.2ClH/c16-12-4-1-3-11(14(12)17)15(13-5-2-10-20-13)19-8-6-18-7-9-19;;/h1-5,10,15,18H,6-9H2;2*1H/t15-;;/m1../s1. The lowest BCUT2D eigenvalue weighted by Crippen LogP contribution is -2.45. The van der Waals surface area contributed by atoms with E-state index in [4.69, 9.17) is 23.2 Å². The number of nitrogens with zero attached hydrogens (tertiary/aromatic N) is 1.